The molecule has 0 bridgehead atoms. The molecule has 0 aliphatic rings. The molecule has 4 nitrogen and oxygen atoms in total. The first kappa shape index (κ1) is 12.6. The number of halogens is 4. The van der Waals surface area contributed by atoms with Gasteiger partial charge in [0, 0.05) is 9.77 Å². The highest BCUT2D eigenvalue weighted by Gasteiger charge is 2.26. The van der Waals surface area contributed by atoms with Gasteiger partial charge in [-0.05, 0) is 22.6 Å². The maximum absolute atomic E-state index is 13.3. The summed E-state index contributed by atoms with van der Waals surface area (Å²) < 4.78 is 59.3. The zero-order valence-electron chi connectivity index (χ0n) is 6.92. The lowest BCUT2D eigenvalue weighted by Crippen LogP contribution is -2.17. The topological polar surface area (TPSA) is 73.1 Å². The standard InChI is InChI=1S/C6H4F3IN2O2S/c7-4-3(5(8)9)2(10)1-12-6(4)15(11,13)14/h1,5H,(H2,11,13,14). The van der Waals surface area contributed by atoms with E-state index in [4.69, 9.17) is 0 Å². The Kier molecular flexibility index (Phi) is 3.55. The van der Waals surface area contributed by atoms with E-state index in [2.05, 4.69) is 10.1 Å². The maximum Gasteiger partial charge on any atom is 0.267 e. The van der Waals surface area contributed by atoms with E-state index >= 15 is 0 Å². The van der Waals surface area contributed by atoms with Gasteiger partial charge in [0.25, 0.3) is 16.4 Å². The van der Waals surface area contributed by atoms with Crippen molar-refractivity contribution in [1.29, 1.82) is 0 Å². The second kappa shape index (κ2) is 4.22. The second-order valence-corrected chi connectivity index (χ2v) is 5.12. The fourth-order valence-corrected chi connectivity index (χ4v) is 2.03. The molecule has 0 aliphatic carbocycles. The molecule has 0 saturated carbocycles. The van der Waals surface area contributed by atoms with Gasteiger partial charge in [-0.25, -0.2) is 31.7 Å². The van der Waals surface area contributed by atoms with Crippen molar-refractivity contribution in [3.8, 4) is 0 Å². The van der Waals surface area contributed by atoms with Crippen LogP contribution in [0.15, 0.2) is 11.2 Å². The van der Waals surface area contributed by atoms with Crippen molar-refractivity contribution in [2.24, 2.45) is 5.14 Å². The molecule has 2 N–H and O–H groups in total. The summed E-state index contributed by atoms with van der Waals surface area (Å²) in [6.07, 6.45) is -2.30. The van der Waals surface area contributed by atoms with Crippen LogP contribution in [0.25, 0.3) is 0 Å². The Morgan fingerprint density at radius 2 is 2.00 bits per heavy atom. The van der Waals surface area contributed by atoms with E-state index < -0.39 is 32.9 Å². The summed E-state index contributed by atoms with van der Waals surface area (Å²) >= 11 is 1.43. The summed E-state index contributed by atoms with van der Waals surface area (Å²) in [5.41, 5.74) is -1.00. The predicted octanol–water partition coefficient (Wildman–Crippen LogP) is 1.41. The van der Waals surface area contributed by atoms with Gasteiger partial charge in [-0.1, -0.05) is 0 Å². The lowest BCUT2D eigenvalue weighted by molar-refractivity contribution is 0.144. The number of aromatic nitrogens is 1. The minimum Gasteiger partial charge on any atom is -0.240 e. The van der Waals surface area contributed by atoms with Crippen molar-refractivity contribution in [3.05, 3.63) is 21.1 Å². The molecule has 0 saturated heterocycles. The number of hydrogen-bond acceptors (Lipinski definition) is 3. The third-order valence-corrected chi connectivity index (χ3v) is 3.15. The number of rotatable bonds is 2. The van der Waals surface area contributed by atoms with Crippen LogP contribution in [0.1, 0.15) is 12.0 Å². The van der Waals surface area contributed by atoms with E-state index in [0.29, 0.717) is 0 Å². The molecule has 1 rings (SSSR count). The molecule has 1 aromatic heterocycles. The van der Waals surface area contributed by atoms with E-state index in [-0.39, 0.29) is 3.57 Å². The van der Waals surface area contributed by atoms with Crippen molar-refractivity contribution in [3.63, 3.8) is 0 Å². The zero-order valence-corrected chi connectivity index (χ0v) is 9.89. The number of primary sulfonamides is 1. The van der Waals surface area contributed by atoms with Gasteiger partial charge in [0.05, 0.1) is 5.56 Å². The predicted molar refractivity (Wildman–Crippen MR) is 53.2 cm³/mol. The van der Waals surface area contributed by atoms with Crippen molar-refractivity contribution in [1.82, 2.24) is 4.98 Å². The number of pyridine rings is 1. The van der Waals surface area contributed by atoms with Crippen molar-refractivity contribution in [2.75, 3.05) is 0 Å². The number of hydrogen-bond donors (Lipinski definition) is 1. The highest BCUT2D eigenvalue weighted by atomic mass is 127. The van der Waals surface area contributed by atoms with Crippen LogP contribution in [0.4, 0.5) is 13.2 Å². The van der Waals surface area contributed by atoms with Crippen LogP contribution < -0.4 is 5.14 Å². The average molecular weight is 352 g/mol. The van der Waals surface area contributed by atoms with E-state index in [1.54, 1.807) is 0 Å². The van der Waals surface area contributed by atoms with Gasteiger partial charge in [0.15, 0.2) is 5.82 Å². The Labute approximate surface area is 96.9 Å². The minimum atomic E-state index is -4.43. The molecular formula is C6H4F3IN2O2S. The summed E-state index contributed by atoms with van der Waals surface area (Å²) in [6.45, 7) is 0. The molecule has 0 spiro atoms. The zero-order chi connectivity index (χ0) is 11.8. The van der Waals surface area contributed by atoms with Gasteiger partial charge in [-0.3, -0.25) is 0 Å². The first-order chi connectivity index (χ1) is 6.75. The van der Waals surface area contributed by atoms with Crippen LogP contribution in [-0.4, -0.2) is 13.4 Å². The number of nitrogens with two attached hydrogens (primary N) is 1. The third-order valence-electron chi connectivity index (χ3n) is 1.46. The van der Waals surface area contributed by atoms with E-state index in [1.807, 2.05) is 0 Å². The Balaban J connectivity index is 3.56. The average Bonchev–Trinajstić information content (AvgIpc) is 2.00. The first-order valence-electron chi connectivity index (χ1n) is 3.40. The van der Waals surface area contributed by atoms with Crippen LogP contribution in [0, 0.1) is 9.39 Å². The van der Waals surface area contributed by atoms with Gasteiger partial charge in [-0.2, -0.15) is 0 Å². The molecule has 1 heterocycles. The summed E-state index contributed by atoms with van der Waals surface area (Å²) in [5.74, 6) is -1.60. The molecule has 0 radical (unpaired) electrons. The van der Waals surface area contributed by atoms with Crippen molar-refractivity contribution in [2.45, 2.75) is 11.5 Å². The maximum atomic E-state index is 13.3. The Bertz CT molecular complexity index is 491. The number of sulfonamides is 1. The molecule has 84 valence electrons. The number of nitrogens with zero attached hydrogens (tertiary/aromatic N) is 1. The summed E-state index contributed by atoms with van der Waals surface area (Å²) in [5, 5.41) is 3.43. The van der Waals surface area contributed by atoms with Gasteiger partial charge in [0.1, 0.15) is 0 Å². The monoisotopic (exact) mass is 352 g/mol. The molecule has 0 atom stereocenters. The smallest absolute Gasteiger partial charge is 0.240 e. The van der Waals surface area contributed by atoms with Crippen LogP contribution in [0.3, 0.4) is 0 Å². The Morgan fingerprint density at radius 1 is 1.47 bits per heavy atom. The molecule has 0 aromatic carbocycles. The van der Waals surface area contributed by atoms with Crippen LogP contribution in [0.2, 0.25) is 0 Å². The largest absolute Gasteiger partial charge is 0.267 e. The molecule has 15 heavy (non-hydrogen) atoms. The molecule has 0 amide bonds. The molecule has 1 aromatic rings. The Hall–Kier alpha value is -0.420. The Morgan fingerprint density at radius 3 is 2.40 bits per heavy atom. The van der Waals surface area contributed by atoms with Crippen molar-refractivity contribution >= 4 is 32.6 Å². The summed E-state index contributed by atoms with van der Waals surface area (Å²) in [6, 6.07) is 0. The van der Waals surface area contributed by atoms with E-state index in [0.717, 1.165) is 6.20 Å². The van der Waals surface area contributed by atoms with E-state index in [9.17, 15) is 21.6 Å². The van der Waals surface area contributed by atoms with Crippen LogP contribution in [0.5, 0.6) is 0 Å². The van der Waals surface area contributed by atoms with Crippen LogP contribution >= 0.6 is 22.6 Å². The molecule has 0 unspecified atom stereocenters. The summed E-state index contributed by atoms with van der Waals surface area (Å²) in [4.78, 5) is 3.16. The van der Waals surface area contributed by atoms with Gasteiger partial charge in [-0.15, -0.1) is 0 Å². The normalized spacial score (nSPS) is 12.1. The second-order valence-electron chi connectivity index (χ2n) is 2.48. The number of alkyl halides is 2. The molecule has 9 heteroatoms. The quantitative estimate of drug-likeness (QED) is 0.818. The molecular weight excluding hydrogens is 348 g/mol. The highest BCUT2D eigenvalue weighted by Crippen LogP contribution is 2.28. The molecule has 0 aliphatic heterocycles. The molecule has 0 fully saturated rings. The van der Waals surface area contributed by atoms with Crippen molar-refractivity contribution < 1.29 is 21.6 Å². The lowest BCUT2D eigenvalue weighted by atomic mass is 10.3. The summed E-state index contributed by atoms with van der Waals surface area (Å²) in [7, 11) is -4.43. The van der Waals surface area contributed by atoms with Gasteiger partial charge in [0.2, 0.25) is 5.03 Å². The fraction of sp³-hybridized carbons (Fsp3) is 0.167. The third kappa shape index (κ3) is 2.58. The first-order valence-corrected chi connectivity index (χ1v) is 6.02. The lowest BCUT2D eigenvalue weighted by Gasteiger charge is -2.07. The minimum absolute atomic E-state index is 0.160. The van der Waals surface area contributed by atoms with Gasteiger partial charge >= 0.3 is 0 Å². The van der Waals surface area contributed by atoms with E-state index in [1.165, 1.54) is 22.6 Å². The highest BCUT2D eigenvalue weighted by molar-refractivity contribution is 14.1. The van der Waals surface area contributed by atoms with Crippen LogP contribution in [-0.2, 0) is 10.0 Å². The fourth-order valence-electron chi connectivity index (χ4n) is 0.860. The SMILES string of the molecule is NS(=O)(=O)c1ncc(I)c(C(F)F)c1F. The van der Waals surface area contributed by atoms with Gasteiger partial charge < -0.3 is 0 Å².